The van der Waals surface area contributed by atoms with Crippen LogP contribution in [0, 0.1) is 6.92 Å². The molecule has 4 rings (SSSR count). The van der Waals surface area contributed by atoms with Gasteiger partial charge in [0.25, 0.3) is 10.0 Å². The molecule has 5 nitrogen and oxygen atoms in total. The molecule has 1 fully saturated rings. The molecule has 0 bridgehead atoms. The fourth-order valence-corrected chi connectivity index (χ4v) is 5.09. The minimum atomic E-state index is -3.81. The van der Waals surface area contributed by atoms with Crippen molar-refractivity contribution >= 4 is 27.3 Å². The third kappa shape index (κ3) is 5.13. The van der Waals surface area contributed by atoms with Gasteiger partial charge in [0.1, 0.15) is 0 Å². The van der Waals surface area contributed by atoms with Crippen LogP contribution in [0.4, 0.5) is 0 Å². The van der Waals surface area contributed by atoms with Gasteiger partial charge < -0.3 is 0 Å². The fraction of sp³-hybridized carbons (Fsp3) is 0.269. The molecule has 3 atom stereocenters. The molecule has 1 unspecified atom stereocenters. The summed E-state index contributed by atoms with van der Waals surface area (Å²) in [5.74, 6) is 0. The lowest BCUT2D eigenvalue weighted by Crippen LogP contribution is -2.31. The van der Waals surface area contributed by atoms with Crippen molar-refractivity contribution in [2.24, 2.45) is 5.10 Å². The molecule has 1 aliphatic rings. The monoisotopic (exact) mass is 481 g/mol. The highest BCUT2D eigenvalue weighted by atomic mass is 35.5. The van der Waals surface area contributed by atoms with Crippen LogP contribution in [0.15, 0.2) is 88.9 Å². The molecule has 1 saturated heterocycles. The number of rotatable bonds is 6. The van der Waals surface area contributed by atoms with E-state index in [-0.39, 0.29) is 22.5 Å². The summed E-state index contributed by atoms with van der Waals surface area (Å²) in [6, 6.07) is 24.3. The van der Waals surface area contributed by atoms with Crippen LogP contribution in [-0.2, 0) is 10.0 Å². The average Bonchev–Trinajstić information content (AvgIpc) is 3.52. The van der Waals surface area contributed by atoms with Crippen molar-refractivity contribution in [1.29, 1.82) is 0 Å². The number of nitrogens with zero attached hydrogens (tertiary/aromatic N) is 2. The molecule has 1 N–H and O–H groups in total. The molecule has 33 heavy (non-hydrogen) atoms. The summed E-state index contributed by atoms with van der Waals surface area (Å²) in [4.78, 5) is 4.99. The van der Waals surface area contributed by atoms with Crippen molar-refractivity contribution in [1.82, 2.24) is 9.73 Å². The van der Waals surface area contributed by atoms with Gasteiger partial charge >= 0.3 is 0 Å². The lowest BCUT2D eigenvalue weighted by molar-refractivity contribution is 0.280. The van der Waals surface area contributed by atoms with E-state index in [0.29, 0.717) is 10.7 Å². The number of hydrogen-bond donors (Lipinski definition) is 1. The third-order valence-electron chi connectivity index (χ3n) is 5.76. The SMILES string of the molecule is Cc1ccc(S(=O)(=O)N/N=C(/c2ccc(Cl)cc2)[C@@H]2[C@H](c3ccccc3)N2C(C)(C)C)cc1. The molecule has 7 heteroatoms. The van der Waals surface area contributed by atoms with Gasteiger partial charge in [-0.25, -0.2) is 0 Å². The molecule has 0 spiro atoms. The van der Waals surface area contributed by atoms with E-state index < -0.39 is 10.0 Å². The van der Waals surface area contributed by atoms with Crippen molar-refractivity contribution in [3.8, 4) is 0 Å². The highest BCUT2D eigenvalue weighted by molar-refractivity contribution is 7.89. The lowest BCUT2D eigenvalue weighted by atomic mass is 10.0. The molecule has 1 heterocycles. The van der Waals surface area contributed by atoms with E-state index in [1.54, 1.807) is 36.4 Å². The van der Waals surface area contributed by atoms with Crippen molar-refractivity contribution in [3.63, 3.8) is 0 Å². The number of aryl methyl sites for hydroxylation is 1. The number of hydrogen-bond acceptors (Lipinski definition) is 4. The molecular formula is C26H28ClN3O2S. The standard InChI is InChI=1S/C26H28ClN3O2S/c1-18-10-16-22(17-11-18)33(31,32)29-28-23(19-12-14-21(27)15-13-19)25-24(30(25)26(2,3)4)20-8-6-5-7-9-20/h5-17,24-25,29H,1-4H3/b28-23-/t24-,25+,30?/m0/s1. The van der Waals surface area contributed by atoms with E-state index in [4.69, 9.17) is 11.6 Å². The molecule has 0 amide bonds. The quantitative estimate of drug-likeness (QED) is 0.285. The summed E-state index contributed by atoms with van der Waals surface area (Å²) in [7, 11) is -3.81. The molecule has 172 valence electrons. The van der Waals surface area contributed by atoms with E-state index in [2.05, 4.69) is 47.7 Å². The van der Waals surface area contributed by atoms with E-state index in [1.807, 2.05) is 37.3 Å². The van der Waals surface area contributed by atoms with Gasteiger partial charge in [0.15, 0.2) is 0 Å². The van der Waals surface area contributed by atoms with Crippen LogP contribution >= 0.6 is 11.6 Å². The number of hydrazone groups is 1. The topological polar surface area (TPSA) is 61.5 Å². The first kappa shape index (κ1) is 23.5. The predicted molar refractivity (Wildman–Crippen MR) is 134 cm³/mol. The Morgan fingerprint density at radius 1 is 0.939 bits per heavy atom. The van der Waals surface area contributed by atoms with Gasteiger partial charge in [-0.2, -0.15) is 18.4 Å². The van der Waals surface area contributed by atoms with Gasteiger partial charge in [-0.3, -0.25) is 4.90 Å². The molecule has 0 radical (unpaired) electrons. The zero-order valence-electron chi connectivity index (χ0n) is 19.2. The molecule has 3 aromatic rings. The smallest absolute Gasteiger partial charge is 0.276 e. The summed E-state index contributed by atoms with van der Waals surface area (Å²) >= 11 is 6.12. The summed E-state index contributed by atoms with van der Waals surface area (Å²) < 4.78 is 25.9. The Hall–Kier alpha value is -2.67. The second-order valence-corrected chi connectivity index (χ2v) is 11.4. The van der Waals surface area contributed by atoms with Crippen LogP contribution < -0.4 is 4.83 Å². The Morgan fingerprint density at radius 3 is 2.12 bits per heavy atom. The van der Waals surface area contributed by atoms with Gasteiger partial charge in [-0.15, -0.1) is 0 Å². The Labute approximate surface area is 201 Å². The molecule has 3 aromatic carbocycles. The van der Waals surface area contributed by atoms with Crippen molar-refractivity contribution in [2.75, 3.05) is 0 Å². The predicted octanol–water partition coefficient (Wildman–Crippen LogP) is 5.56. The number of halogens is 1. The highest BCUT2D eigenvalue weighted by Gasteiger charge is 2.56. The third-order valence-corrected chi connectivity index (χ3v) is 7.24. The first-order valence-electron chi connectivity index (χ1n) is 10.8. The molecule has 0 aliphatic carbocycles. The fourth-order valence-electron chi connectivity index (χ4n) is 4.14. The van der Waals surface area contributed by atoms with Gasteiger partial charge in [0, 0.05) is 10.6 Å². The second kappa shape index (κ2) is 8.93. The maximum atomic E-state index is 13.0. The first-order valence-corrected chi connectivity index (χ1v) is 12.7. The van der Waals surface area contributed by atoms with E-state index in [9.17, 15) is 8.42 Å². The molecular weight excluding hydrogens is 454 g/mol. The zero-order valence-corrected chi connectivity index (χ0v) is 20.7. The Bertz CT molecular complexity index is 1250. The summed E-state index contributed by atoms with van der Waals surface area (Å²) in [6.45, 7) is 8.37. The molecule has 1 aliphatic heterocycles. The van der Waals surface area contributed by atoms with E-state index >= 15 is 0 Å². The van der Waals surface area contributed by atoms with E-state index in [1.165, 1.54) is 5.56 Å². The Balaban J connectivity index is 1.75. The van der Waals surface area contributed by atoms with Crippen molar-refractivity contribution in [2.45, 2.75) is 50.2 Å². The Kier molecular flexibility index (Phi) is 6.36. The minimum absolute atomic E-state index is 0.0875. The maximum absolute atomic E-state index is 13.0. The second-order valence-electron chi connectivity index (χ2n) is 9.29. The maximum Gasteiger partial charge on any atom is 0.276 e. The summed E-state index contributed by atoms with van der Waals surface area (Å²) in [5, 5.41) is 5.10. The van der Waals surface area contributed by atoms with Crippen molar-refractivity contribution < 1.29 is 8.42 Å². The zero-order chi connectivity index (χ0) is 23.8. The van der Waals surface area contributed by atoms with Crippen LogP contribution in [0.2, 0.25) is 5.02 Å². The molecule has 0 saturated carbocycles. The number of nitrogens with one attached hydrogen (secondary N) is 1. The van der Waals surface area contributed by atoms with Crippen LogP contribution in [-0.4, -0.2) is 30.6 Å². The highest BCUT2D eigenvalue weighted by Crippen LogP contribution is 2.50. The minimum Gasteiger partial charge on any atom is -0.279 e. The van der Waals surface area contributed by atoms with Crippen LogP contribution in [0.25, 0.3) is 0 Å². The lowest BCUT2D eigenvalue weighted by Gasteiger charge is -2.22. The van der Waals surface area contributed by atoms with E-state index in [0.717, 1.165) is 11.1 Å². The number of benzene rings is 3. The summed E-state index contributed by atoms with van der Waals surface area (Å²) in [6.07, 6.45) is 0. The number of sulfonamides is 1. The van der Waals surface area contributed by atoms with Gasteiger partial charge in [0.2, 0.25) is 0 Å². The largest absolute Gasteiger partial charge is 0.279 e. The van der Waals surface area contributed by atoms with Crippen molar-refractivity contribution in [3.05, 3.63) is 101 Å². The van der Waals surface area contributed by atoms with Gasteiger partial charge in [-0.1, -0.05) is 71.8 Å². The molecule has 0 aromatic heterocycles. The normalized spacial score (nSPS) is 21.0. The van der Waals surface area contributed by atoms with Gasteiger partial charge in [-0.05, 0) is 63.1 Å². The van der Waals surface area contributed by atoms with Crippen LogP contribution in [0.1, 0.15) is 43.5 Å². The Morgan fingerprint density at radius 2 is 1.55 bits per heavy atom. The van der Waals surface area contributed by atoms with Gasteiger partial charge in [0.05, 0.1) is 22.7 Å². The average molecular weight is 482 g/mol. The van der Waals surface area contributed by atoms with Crippen LogP contribution in [0.5, 0.6) is 0 Å². The summed E-state index contributed by atoms with van der Waals surface area (Å²) in [5.41, 5.74) is 3.49. The van der Waals surface area contributed by atoms with Crippen LogP contribution in [0.3, 0.4) is 0 Å². The first-order chi connectivity index (χ1) is 15.6.